The van der Waals surface area contributed by atoms with Crippen molar-refractivity contribution < 1.29 is 9.47 Å². The van der Waals surface area contributed by atoms with Crippen molar-refractivity contribution in [3.05, 3.63) is 34.9 Å². The summed E-state index contributed by atoms with van der Waals surface area (Å²) in [5, 5.41) is 0.737. The standard InChI is InChI=1S/C11H15ClO2/c1-8(14-9(2)13-3)10-4-6-11(12)7-5-10/h4-9H,1-3H3. The Balaban J connectivity index is 2.60. The Labute approximate surface area is 89.8 Å². The SMILES string of the molecule is COC(C)OC(C)c1ccc(Cl)cc1. The van der Waals surface area contributed by atoms with Crippen LogP contribution in [0.15, 0.2) is 24.3 Å². The van der Waals surface area contributed by atoms with E-state index in [0.717, 1.165) is 10.6 Å². The number of benzene rings is 1. The third-order valence-electron chi connectivity index (χ3n) is 2.07. The van der Waals surface area contributed by atoms with Crippen LogP contribution in [0.5, 0.6) is 0 Å². The minimum Gasteiger partial charge on any atom is -0.356 e. The Morgan fingerprint density at radius 2 is 1.71 bits per heavy atom. The summed E-state index contributed by atoms with van der Waals surface area (Å²) in [6.45, 7) is 3.85. The van der Waals surface area contributed by atoms with E-state index in [2.05, 4.69) is 0 Å². The summed E-state index contributed by atoms with van der Waals surface area (Å²) in [6.07, 6.45) is -0.178. The second kappa shape index (κ2) is 5.35. The van der Waals surface area contributed by atoms with Gasteiger partial charge in [0.05, 0.1) is 6.10 Å². The monoisotopic (exact) mass is 214 g/mol. The molecule has 0 amide bonds. The van der Waals surface area contributed by atoms with E-state index in [4.69, 9.17) is 21.1 Å². The smallest absolute Gasteiger partial charge is 0.155 e. The zero-order valence-corrected chi connectivity index (χ0v) is 9.41. The molecule has 0 saturated heterocycles. The highest BCUT2D eigenvalue weighted by Gasteiger charge is 2.09. The largest absolute Gasteiger partial charge is 0.356 e. The molecule has 0 heterocycles. The Morgan fingerprint density at radius 3 is 2.21 bits per heavy atom. The van der Waals surface area contributed by atoms with Crippen LogP contribution in [0.25, 0.3) is 0 Å². The summed E-state index contributed by atoms with van der Waals surface area (Å²) in [5.74, 6) is 0. The van der Waals surface area contributed by atoms with Crippen molar-refractivity contribution in [3.63, 3.8) is 0 Å². The van der Waals surface area contributed by atoms with Crippen LogP contribution in [0.3, 0.4) is 0 Å². The topological polar surface area (TPSA) is 18.5 Å². The number of rotatable bonds is 4. The van der Waals surface area contributed by atoms with Gasteiger partial charge in [0.2, 0.25) is 0 Å². The van der Waals surface area contributed by atoms with Crippen molar-refractivity contribution >= 4 is 11.6 Å². The highest BCUT2D eigenvalue weighted by atomic mass is 35.5. The Bertz CT molecular complexity index is 271. The van der Waals surface area contributed by atoms with Crippen molar-refractivity contribution in [2.24, 2.45) is 0 Å². The van der Waals surface area contributed by atoms with Crippen molar-refractivity contribution in [3.8, 4) is 0 Å². The maximum absolute atomic E-state index is 5.78. The zero-order valence-electron chi connectivity index (χ0n) is 8.66. The molecule has 1 aromatic carbocycles. The van der Waals surface area contributed by atoms with Gasteiger partial charge in [0.15, 0.2) is 6.29 Å². The third-order valence-corrected chi connectivity index (χ3v) is 2.32. The first-order chi connectivity index (χ1) is 6.63. The quantitative estimate of drug-likeness (QED) is 0.716. The second-order valence-electron chi connectivity index (χ2n) is 3.13. The molecule has 0 spiro atoms. The van der Waals surface area contributed by atoms with E-state index < -0.39 is 0 Å². The van der Waals surface area contributed by atoms with Crippen LogP contribution in [0.1, 0.15) is 25.5 Å². The Morgan fingerprint density at radius 1 is 1.14 bits per heavy atom. The van der Waals surface area contributed by atoms with E-state index in [9.17, 15) is 0 Å². The molecule has 2 atom stereocenters. The van der Waals surface area contributed by atoms with Gasteiger partial charge in [-0.25, -0.2) is 0 Å². The van der Waals surface area contributed by atoms with E-state index in [1.54, 1.807) is 7.11 Å². The molecule has 0 fully saturated rings. The van der Waals surface area contributed by atoms with Gasteiger partial charge < -0.3 is 9.47 Å². The Hall–Kier alpha value is -0.570. The summed E-state index contributed by atoms with van der Waals surface area (Å²) < 4.78 is 10.6. The lowest BCUT2D eigenvalue weighted by Gasteiger charge is -2.18. The fraction of sp³-hybridized carbons (Fsp3) is 0.455. The molecule has 0 saturated carbocycles. The van der Waals surface area contributed by atoms with Gasteiger partial charge in [0.1, 0.15) is 0 Å². The summed E-state index contributed by atoms with van der Waals surface area (Å²) in [6, 6.07) is 7.62. The second-order valence-corrected chi connectivity index (χ2v) is 3.57. The molecule has 2 unspecified atom stereocenters. The maximum atomic E-state index is 5.78. The van der Waals surface area contributed by atoms with Crippen LogP contribution in [-0.4, -0.2) is 13.4 Å². The number of ether oxygens (including phenoxy) is 2. The highest BCUT2D eigenvalue weighted by molar-refractivity contribution is 6.30. The van der Waals surface area contributed by atoms with E-state index in [1.165, 1.54) is 0 Å². The maximum Gasteiger partial charge on any atom is 0.155 e. The molecule has 14 heavy (non-hydrogen) atoms. The van der Waals surface area contributed by atoms with Crippen LogP contribution < -0.4 is 0 Å². The molecule has 0 aliphatic rings. The molecule has 0 aliphatic heterocycles. The lowest BCUT2D eigenvalue weighted by molar-refractivity contribution is -0.140. The molecule has 0 N–H and O–H groups in total. The average molecular weight is 215 g/mol. The van der Waals surface area contributed by atoms with Crippen molar-refractivity contribution in [1.82, 2.24) is 0 Å². The molecular formula is C11H15ClO2. The normalized spacial score (nSPS) is 15.1. The zero-order chi connectivity index (χ0) is 10.6. The van der Waals surface area contributed by atoms with Crippen LogP contribution in [0, 0.1) is 0 Å². The van der Waals surface area contributed by atoms with E-state index in [-0.39, 0.29) is 12.4 Å². The van der Waals surface area contributed by atoms with Crippen LogP contribution in [0.4, 0.5) is 0 Å². The summed E-state index contributed by atoms with van der Waals surface area (Å²) >= 11 is 5.78. The van der Waals surface area contributed by atoms with Crippen LogP contribution in [-0.2, 0) is 9.47 Å². The minimum atomic E-state index is -0.194. The molecule has 78 valence electrons. The summed E-state index contributed by atoms with van der Waals surface area (Å²) in [7, 11) is 1.62. The van der Waals surface area contributed by atoms with Gasteiger partial charge >= 0.3 is 0 Å². The van der Waals surface area contributed by atoms with Gasteiger partial charge in [-0.1, -0.05) is 23.7 Å². The average Bonchev–Trinajstić information content (AvgIpc) is 2.18. The number of methoxy groups -OCH3 is 1. The molecule has 0 aromatic heterocycles. The van der Waals surface area contributed by atoms with Gasteiger partial charge in [0.25, 0.3) is 0 Å². The predicted octanol–water partition coefficient (Wildman–Crippen LogP) is 3.41. The summed E-state index contributed by atoms with van der Waals surface area (Å²) in [4.78, 5) is 0. The van der Waals surface area contributed by atoms with Gasteiger partial charge in [-0.3, -0.25) is 0 Å². The first-order valence-corrected chi connectivity index (χ1v) is 4.95. The summed E-state index contributed by atoms with van der Waals surface area (Å²) in [5.41, 5.74) is 1.10. The van der Waals surface area contributed by atoms with Crippen LogP contribution in [0.2, 0.25) is 5.02 Å². The van der Waals surface area contributed by atoms with E-state index >= 15 is 0 Å². The van der Waals surface area contributed by atoms with E-state index in [0.29, 0.717) is 0 Å². The lowest BCUT2D eigenvalue weighted by Crippen LogP contribution is -2.13. The minimum absolute atomic E-state index is 0.0159. The van der Waals surface area contributed by atoms with Crippen molar-refractivity contribution in [1.29, 1.82) is 0 Å². The van der Waals surface area contributed by atoms with Gasteiger partial charge in [0, 0.05) is 12.1 Å². The highest BCUT2D eigenvalue weighted by Crippen LogP contribution is 2.20. The first-order valence-electron chi connectivity index (χ1n) is 4.57. The molecule has 1 rings (SSSR count). The molecular weight excluding hydrogens is 200 g/mol. The molecule has 0 bridgehead atoms. The van der Waals surface area contributed by atoms with Gasteiger partial charge in [-0.2, -0.15) is 0 Å². The van der Waals surface area contributed by atoms with Crippen molar-refractivity contribution in [2.75, 3.05) is 7.11 Å². The fourth-order valence-electron chi connectivity index (χ4n) is 1.16. The molecule has 3 heteroatoms. The van der Waals surface area contributed by atoms with Gasteiger partial charge in [-0.15, -0.1) is 0 Å². The first kappa shape index (κ1) is 11.5. The fourth-order valence-corrected chi connectivity index (χ4v) is 1.28. The van der Waals surface area contributed by atoms with Crippen LogP contribution >= 0.6 is 11.6 Å². The third kappa shape index (κ3) is 3.29. The predicted molar refractivity (Wildman–Crippen MR) is 57.4 cm³/mol. The molecule has 0 aliphatic carbocycles. The molecule has 0 radical (unpaired) electrons. The number of hydrogen-bond acceptors (Lipinski definition) is 2. The lowest BCUT2D eigenvalue weighted by atomic mass is 10.1. The van der Waals surface area contributed by atoms with E-state index in [1.807, 2.05) is 38.1 Å². The molecule has 2 nitrogen and oxygen atoms in total. The molecule has 1 aromatic rings. The number of halogens is 1. The number of hydrogen-bond donors (Lipinski definition) is 0. The Kier molecular flexibility index (Phi) is 4.39. The van der Waals surface area contributed by atoms with Gasteiger partial charge in [-0.05, 0) is 31.5 Å². The van der Waals surface area contributed by atoms with Crippen molar-refractivity contribution in [2.45, 2.75) is 26.2 Å².